The standard InChI is InChI=1S/C22H20ClN3O3/c23-18-10-4-2-7-15(18)13-26-21(28)17(12-24-22(26)29)20(27)25-19-11-5-8-14-6-1-3-9-16(14)19/h1-4,6-7,9-10,12,19H,5,8,11,13H2,(H,24,29)(H,25,27). The van der Waals surface area contributed by atoms with Gasteiger partial charge in [0.1, 0.15) is 5.56 Å². The Labute approximate surface area is 172 Å². The Hall–Kier alpha value is -3.12. The first kappa shape index (κ1) is 19.2. The topological polar surface area (TPSA) is 84.0 Å². The number of carbonyl (C=O) groups excluding carboxylic acids is 1. The third-order valence-electron chi connectivity index (χ3n) is 5.27. The van der Waals surface area contributed by atoms with Gasteiger partial charge in [0.15, 0.2) is 0 Å². The van der Waals surface area contributed by atoms with E-state index in [9.17, 15) is 14.4 Å². The van der Waals surface area contributed by atoms with Crippen LogP contribution in [0.3, 0.4) is 0 Å². The average molecular weight is 410 g/mol. The van der Waals surface area contributed by atoms with Crippen molar-refractivity contribution in [2.75, 3.05) is 0 Å². The Morgan fingerprint density at radius 1 is 1.14 bits per heavy atom. The van der Waals surface area contributed by atoms with Crippen LogP contribution >= 0.6 is 11.6 Å². The van der Waals surface area contributed by atoms with Crippen molar-refractivity contribution < 1.29 is 4.79 Å². The van der Waals surface area contributed by atoms with E-state index in [1.165, 1.54) is 11.8 Å². The molecule has 0 aliphatic heterocycles. The van der Waals surface area contributed by atoms with Gasteiger partial charge < -0.3 is 10.3 Å². The molecule has 1 unspecified atom stereocenters. The molecule has 7 heteroatoms. The lowest BCUT2D eigenvalue weighted by Gasteiger charge is -2.26. The molecule has 2 aromatic carbocycles. The van der Waals surface area contributed by atoms with Crippen molar-refractivity contribution in [1.29, 1.82) is 0 Å². The number of amides is 1. The summed E-state index contributed by atoms with van der Waals surface area (Å²) in [7, 11) is 0. The molecule has 1 aliphatic carbocycles. The van der Waals surface area contributed by atoms with E-state index in [1.807, 2.05) is 18.2 Å². The van der Waals surface area contributed by atoms with Crippen LogP contribution in [-0.2, 0) is 13.0 Å². The fourth-order valence-electron chi connectivity index (χ4n) is 3.75. The quantitative estimate of drug-likeness (QED) is 0.694. The van der Waals surface area contributed by atoms with E-state index < -0.39 is 17.2 Å². The molecule has 148 valence electrons. The third kappa shape index (κ3) is 3.89. The molecule has 1 atom stereocenters. The molecule has 0 fully saturated rings. The summed E-state index contributed by atoms with van der Waals surface area (Å²) in [6.07, 6.45) is 3.92. The summed E-state index contributed by atoms with van der Waals surface area (Å²) in [6, 6.07) is 14.8. The van der Waals surface area contributed by atoms with Gasteiger partial charge in [0.05, 0.1) is 12.6 Å². The molecule has 3 aromatic rings. The number of hydrogen-bond donors (Lipinski definition) is 2. The van der Waals surface area contributed by atoms with Crippen LogP contribution in [0, 0.1) is 0 Å². The molecule has 1 aliphatic rings. The zero-order chi connectivity index (χ0) is 20.4. The summed E-state index contributed by atoms with van der Waals surface area (Å²) in [4.78, 5) is 40.4. The van der Waals surface area contributed by atoms with Crippen LogP contribution < -0.4 is 16.6 Å². The largest absolute Gasteiger partial charge is 0.345 e. The highest BCUT2D eigenvalue weighted by atomic mass is 35.5. The van der Waals surface area contributed by atoms with E-state index in [-0.39, 0.29) is 18.2 Å². The number of fused-ring (bicyclic) bond motifs is 1. The number of nitrogens with one attached hydrogen (secondary N) is 2. The van der Waals surface area contributed by atoms with Gasteiger partial charge in [-0.1, -0.05) is 54.1 Å². The lowest BCUT2D eigenvalue weighted by molar-refractivity contribution is 0.0930. The van der Waals surface area contributed by atoms with Gasteiger partial charge in [-0.2, -0.15) is 0 Å². The number of hydrogen-bond acceptors (Lipinski definition) is 3. The van der Waals surface area contributed by atoms with E-state index in [4.69, 9.17) is 11.6 Å². The Balaban J connectivity index is 1.63. The molecule has 29 heavy (non-hydrogen) atoms. The number of aryl methyl sites for hydroxylation is 1. The maximum atomic E-state index is 12.9. The second-order valence-corrected chi connectivity index (χ2v) is 7.51. The zero-order valence-electron chi connectivity index (χ0n) is 15.7. The number of aromatic amines is 1. The molecule has 1 heterocycles. The summed E-state index contributed by atoms with van der Waals surface area (Å²) >= 11 is 6.15. The van der Waals surface area contributed by atoms with Gasteiger partial charge in [-0.05, 0) is 42.0 Å². The molecule has 0 spiro atoms. The van der Waals surface area contributed by atoms with Crippen LogP contribution in [-0.4, -0.2) is 15.5 Å². The Morgan fingerprint density at radius 3 is 2.72 bits per heavy atom. The smallest absolute Gasteiger partial charge is 0.328 e. The number of nitrogens with zero attached hydrogens (tertiary/aromatic N) is 1. The number of benzene rings is 2. The van der Waals surface area contributed by atoms with Crippen molar-refractivity contribution in [3.8, 4) is 0 Å². The molecule has 0 saturated carbocycles. The number of rotatable bonds is 4. The fourth-order valence-corrected chi connectivity index (χ4v) is 3.95. The van der Waals surface area contributed by atoms with Crippen LogP contribution in [0.25, 0.3) is 0 Å². The van der Waals surface area contributed by atoms with Crippen LogP contribution in [0.5, 0.6) is 0 Å². The highest BCUT2D eigenvalue weighted by Gasteiger charge is 2.24. The van der Waals surface area contributed by atoms with E-state index in [2.05, 4.69) is 16.4 Å². The van der Waals surface area contributed by atoms with Gasteiger partial charge in [-0.15, -0.1) is 0 Å². The number of aromatic nitrogens is 2. The molecule has 0 radical (unpaired) electrons. The zero-order valence-corrected chi connectivity index (χ0v) is 16.4. The monoisotopic (exact) mass is 409 g/mol. The van der Waals surface area contributed by atoms with Crippen LogP contribution in [0.15, 0.2) is 64.3 Å². The Morgan fingerprint density at radius 2 is 1.90 bits per heavy atom. The minimum absolute atomic E-state index is 0.0127. The minimum atomic E-state index is -0.643. The molecular formula is C22H20ClN3O3. The van der Waals surface area contributed by atoms with Crippen LogP contribution in [0.1, 0.15) is 45.9 Å². The fraction of sp³-hybridized carbons (Fsp3) is 0.227. The molecule has 6 nitrogen and oxygen atoms in total. The second kappa shape index (κ2) is 8.09. The van der Waals surface area contributed by atoms with Gasteiger partial charge in [0.2, 0.25) is 0 Å². The van der Waals surface area contributed by atoms with E-state index in [1.54, 1.807) is 24.3 Å². The number of carbonyl (C=O) groups is 1. The lowest BCUT2D eigenvalue weighted by atomic mass is 9.87. The summed E-state index contributed by atoms with van der Waals surface area (Å²) in [5, 5.41) is 3.41. The minimum Gasteiger partial charge on any atom is -0.345 e. The summed E-state index contributed by atoms with van der Waals surface area (Å²) in [5.41, 5.74) is 1.58. The first-order valence-corrected chi connectivity index (χ1v) is 9.87. The number of halogens is 1. The maximum absolute atomic E-state index is 12.9. The first-order valence-electron chi connectivity index (χ1n) is 9.49. The molecule has 4 rings (SSSR count). The highest BCUT2D eigenvalue weighted by Crippen LogP contribution is 2.29. The molecular weight excluding hydrogens is 390 g/mol. The van der Waals surface area contributed by atoms with Gasteiger partial charge in [-0.3, -0.25) is 14.2 Å². The molecule has 2 N–H and O–H groups in total. The van der Waals surface area contributed by atoms with Gasteiger partial charge in [0, 0.05) is 11.2 Å². The predicted molar refractivity (Wildman–Crippen MR) is 111 cm³/mol. The Bertz CT molecular complexity index is 1180. The SMILES string of the molecule is O=C(NC1CCCc2ccccc21)c1c[nH]c(=O)n(Cc2ccccc2Cl)c1=O. The Kier molecular flexibility index (Phi) is 5.36. The predicted octanol–water partition coefficient (Wildman–Crippen LogP) is 3.05. The summed E-state index contributed by atoms with van der Waals surface area (Å²) in [6.45, 7) is -0.0127. The van der Waals surface area contributed by atoms with Crippen molar-refractivity contribution in [3.05, 3.63) is 103 Å². The van der Waals surface area contributed by atoms with Crippen molar-refractivity contribution in [3.63, 3.8) is 0 Å². The molecule has 0 bridgehead atoms. The van der Waals surface area contributed by atoms with Crippen LogP contribution in [0.2, 0.25) is 5.02 Å². The highest BCUT2D eigenvalue weighted by molar-refractivity contribution is 6.31. The lowest BCUT2D eigenvalue weighted by Crippen LogP contribution is -2.41. The van der Waals surface area contributed by atoms with E-state index in [0.717, 1.165) is 29.4 Å². The van der Waals surface area contributed by atoms with E-state index >= 15 is 0 Å². The molecule has 1 amide bonds. The van der Waals surface area contributed by atoms with Gasteiger partial charge in [-0.25, -0.2) is 4.79 Å². The van der Waals surface area contributed by atoms with Crippen molar-refractivity contribution in [2.24, 2.45) is 0 Å². The molecule has 0 saturated heterocycles. The van der Waals surface area contributed by atoms with Crippen LogP contribution in [0.4, 0.5) is 0 Å². The number of H-pyrrole nitrogens is 1. The molecule has 1 aromatic heterocycles. The van der Waals surface area contributed by atoms with Crippen molar-refractivity contribution >= 4 is 17.5 Å². The van der Waals surface area contributed by atoms with Crippen molar-refractivity contribution in [1.82, 2.24) is 14.9 Å². The van der Waals surface area contributed by atoms with Crippen molar-refractivity contribution in [2.45, 2.75) is 31.8 Å². The average Bonchev–Trinajstić information content (AvgIpc) is 2.72. The third-order valence-corrected chi connectivity index (χ3v) is 5.64. The summed E-state index contributed by atoms with van der Waals surface area (Å²) in [5.74, 6) is -0.499. The normalized spacial score (nSPS) is 15.6. The second-order valence-electron chi connectivity index (χ2n) is 7.11. The van der Waals surface area contributed by atoms with Gasteiger partial charge in [0.25, 0.3) is 11.5 Å². The summed E-state index contributed by atoms with van der Waals surface area (Å²) < 4.78 is 0.991. The van der Waals surface area contributed by atoms with E-state index in [0.29, 0.717) is 10.6 Å². The maximum Gasteiger partial charge on any atom is 0.328 e. The van der Waals surface area contributed by atoms with Gasteiger partial charge >= 0.3 is 5.69 Å². The first-order chi connectivity index (χ1) is 14.0.